The summed E-state index contributed by atoms with van der Waals surface area (Å²) < 4.78 is 37.4. The summed E-state index contributed by atoms with van der Waals surface area (Å²) in [6.07, 6.45) is 6.99. The number of anilines is 1. The normalized spacial score (nSPS) is 26.8. The van der Waals surface area contributed by atoms with Gasteiger partial charge in [0.2, 0.25) is 5.91 Å². The molecule has 0 unspecified atom stereocenters. The summed E-state index contributed by atoms with van der Waals surface area (Å²) in [5, 5.41) is 1.05. The Morgan fingerprint density at radius 2 is 2.09 bits per heavy atom. The van der Waals surface area contributed by atoms with Gasteiger partial charge in [-0.25, -0.2) is 8.78 Å². The highest BCUT2D eigenvalue weighted by atomic mass is 35.5. The van der Waals surface area contributed by atoms with E-state index in [9.17, 15) is 9.18 Å². The van der Waals surface area contributed by atoms with Crippen LogP contribution in [0.15, 0.2) is 37.1 Å². The zero-order valence-electron chi connectivity index (χ0n) is 25.1. The smallest absolute Gasteiger partial charge is 0.319 e. The van der Waals surface area contributed by atoms with Crippen molar-refractivity contribution in [3.8, 4) is 17.3 Å². The fourth-order valence-electron chi connectivity index (χ4n) is 7.75. The standard InChI is InChI=1S/C33H37ClF2N6O2/c1-4-26(43)42-14-11-25(19(42)2)40(3)31-23-16-37-29(22-7-5-8-24(34)27(22)20-9-10-20)28(36)30(23)38-32(39-31)44-18-33-12-6-13-41(33)17-21(35)15-33/h4-5,7-8,16,19-21,25H,1,6,9-15,17-18H2,2-3H3/t19-,21-,25-,33+/m1/s1. The fourth-order valence-corrected chi connectivity index (χ4v) is 8.08. The summed E-state index contributed by atoms with van der Waals surface area (Å²) in [5.41, 5.74) is 1.46. The lowest BCUT2D eigenvalue weighted by molar-refractivity contribution is -0.126. The van der Waals surface area contributed by atoms with Gasteiger partial charge in [0.05, 0.1) is 17.0 Å². The molecule has 232 valence electrons. The second-order valence-electron chi connectivity index (χ2n) is 12.8. The largest absolute Gasteiger partial charge is 0.461 e. The first-order valence-electron chi connectivity index (χ1n) is 15.5. The van der Waals surface area contributed by atoms with Crippen molar-refractivity contribution in [1.82, 2.24) is 24.8 Å². The number of likely N-dealkylation sites (tertiary alicyclic amines) is 1. The molecule has 0 N–H and O–H groups in total. The SMILES string of the molecule is C=CC(=O)N1CC[C@@H](N(C)c2nc(OC[C@@]34CCCN3C[C@H](F)C4)nc3c(F)c(-c4cccc(Cl)c4C4CC4)ncc23)[C@H]1C. The Hall–Kier alpha value is -3.37. The molecule has 3 aromatic rings. The third-order valence-electron chi connectivity index (χ3n) is 10.2. The van der Waals surface area contributed by atoms with Gasteiger partial charge >= 0.3 is 6.01 Å². The number of halogens is 3. The molecular formula is C33H37ClF2N6O2. The quantitative estimate of drug-likeness (QED) is 0.288. The Morgan fingerprint density at radius 1 is 1.27 bits per heavy atom. The van der Waals surface area contributed by atoms with Gasteiger partial charge in [0, 0.05) is 49.4 Å². The van der Waals surface area contributed by atoms with Crippen molar-refractivity contribution in [2.24, 2.45) is 0 Å². The third-order valence-corrected chi connectivity index (χ3v) is 10.5. The number of alkyl halides is 1. The monoisotopic (exact) mass is 622 g/mol. The van der Waals surface area contributed by atoms with Gasteiger partial charge in [-0.3, -0.25) is 14.7 Å². The maximum absolute atomic E-state index is 16.7. The molecule has 7 rings (SSSR count). The number of aromatic nitrogens is 3. The molecule has 5 heterocycles. The van der Waals surface area contributed by atoms with Crippen LogP contribution in [0.4, 0.5) is 14.6 Å². The Labute approximate surface area is 261 Å². The first-order valence-corrected chi connectivity index (χ1v) is 15.9. The number of amides is 1. The first-order chi connectivity index (χ1) is 21.2. The Morgan fingerprint density at radius 3 is 2.86 bits per heavy atom. The van der Waals surface area contributed by atoms with Crippen LogP contribution in [-0.4, -0.2) is 87.7 Å². The molecule has 1 saturated carbocycles. The molecule has 4 atom stereocenters. The van der Waals surface area contributed by atoms with Crippen LogP contribution in [0.3, 0.4) is 0 Å². The van der Waals surface area contributed by atoms with Crippen molar-refractivity contribution in [2.75, 3.05) is 38.2 Å². The van der Waals surface area contributed by atoms with E-state index in [4.69, 9.17) is 21.3 Å². The second kappa shape index (κ2) is 11.2. The highest BCUT2D eigenvalue weighted by molar-refractivity contribution is 6.32. The molecule has 44 heavy (non-hydrogen) atoms. The molecule has 4 fully saturated rings. The maximum atomic E-state index is 16.7. The van der Waals surface area contributed by atoms with Gasteiger partial charge in [-0.2, -0.15) is 9.97 Å². The average Bonchev–Trinajstić information content (AvgIpc) is 3.55. The van der Waals surface area contributed by atoms with E-state index in [1.807, 2.05) is 37.1 Å². The van der Waals surface area contributed by atoms with Crippen LogP contribution in [0, 0.1) is 5.82 Å². The van der Waals surface area contributed by atoms with Crippen LogP contribution < -0.4 is 9.64 Å². The Kier molecular flexibility index (Phi) is 7.48. The van der Waals surface area contributed by atoms with Gasteiger partial charge in [-0.05, 0) is 69.2 Å². The number of fused-ring (bicyclic) bond motifs is 2. The molecule has 1 aromatic carbocycles. The highest BCUT2D eigenvalue weighted by Crippen LogP contribution is 2.48. The summed E-state index contributed by atoms with van der Waals surface area (Å²) in [5.74, 6) is 0.0584. The minimum absolute atomic E-state index is 0.0390. The maximum Gasteiger partial charge on any atom is 0.319 e. The summed E-state index contributed by atoms with van der Waals surface area (Å²) in [6.45, 7) is 7.68. The molecule has 0 bridgehead atoms. The van der Waals surface area contributed by atoms with E-state index in [-0.39, 0.29) is 47.7 Å². The zero-order chi connectivity index (χ0) is 30.7. The van der Waals surface area contributed by atoms with E-state index in [0.717, 1.165) is 37.8 Å². The number of hydrogen-bond acceptors (Lipinski definition) is 7. The van der Waals surface area contributed by atoms with E-state index in [1.54, 1.807) is 11.1 Å². The summed E-state index contributed by atoms with van der Waals surface area (Å²) in [4.78, 5) is 32.4. The average molecular weight is 623 g/mol. The highest BCUT2D eigenvalue weighted by Gasteiger charge is 2.49. The van der Waals surface area contributed by atoms with Crippen molar-refractivity contribution < 1.29 is 18.3 Å². The number of ether oxygens (including phenoxy) is 1. The van der Waals surface area contributed by atoms with Crippen molar-refractivity contribution >= 4 is 34.2 Å². The molecule has 8 nitrogen and oxygen atoms in total. The number of carbonyl (C=O) groups is 1. The van der Waals surface area contributed by atoms with Gasteiger partial charge in [-0.15, -0.1) is 0 Å². The lowest BCUT2D eigenvalue weighted by atomic mass is 9.95. The van der Waals surface area contributed by atoms with Crippen LogP contribution in [0.25, 0.3) is 22.2 Å². The lowest BCUT2D eigenvalue weighted by Crippen LogP contribution is -2.44. The summed E-state index contributed by atoms with van der Waals surface area (Å²) in [6, 6.07) is 5.32. The number of likely N-dealkylation sites (N-methyl/N-ethyl adjacent to an activating group) is 1. The van der Waals surface area contributed by atoms with Gasteiger partial charge in [0.25, 0.3) is 0 Å². The molecular weight excluding hydrogens is 586 g/mol. The first kappa shape index (κ1) is 29.3. The third kappa shape index (κ3) is 4.90. The van der Waals surface area contributed by atoms with E-state index in [2.05, 4.69) is 21.4 Å². The minimum Gasteiger partial charge on any atom is -0.461 e. The molecule has 3 aliphatic heterocycles. The second-order valence-corrected chi connectivity index (χ2v) is 13.2. The molecule has 0 spiro atoms. The van der Waals surface area contributed by atoms with Crippen molar-refractivity contribution in [3.63, 3.8) is 0 Å². The Bertz CT molecular complexity index is 1640. The summed E-state index contributed by atoms with van der Waals surface area (Å²) in [7, 11) is 1.89. The predicted octanol–water partition coefficient (Wildman–Crippen LogP) is 5.93. The van der Waals surface area contributed by atoms with E-state index >= 15 is 4.39 Å². The number of pyridine rings is 1. The van der Waals surface area contributed by atoms with Crippen molar-refractivity contribution in [2.45, 2.75) is 75.2 Å². The van der Waals surface area contributed by atoms with E-state index in [0.29, 0.717) is 47.7 Å². The van der Waals surface area contributed by atoms with Crippen LogP contribution in [0.2, 0.25) is 5.02 Å². The summed E-state index contributed by atoms with van der Waals surface area (Å²) >= 11 is 6.60. The zero-order valence-corrected chi connectivity index (χ0v) is 25.9. The molecule has 11 heteroatoms. The van der Waals surface area contributed by atoms with Crippen LogP contribution in [-0.2, 0) is 4.79 Å². The number of carbonyl (C=O) groups excluding carboxylic acids is 1. The topological polar surface area (TPSA) is 74.7 Å². The van der Waals surface area contributed by atoms with Gasteiger partial charge < -0.3 is 14.5 Å². The number of rotatable bonds is 8. The molecule has 1 aliphatic carbocycles. The van der Waals surface area contributed by atoms with E-state index < -0.39 is 17.5 Å². The van der Waals surface area contributed by atoms with Gasteiger partial charge in [-0.1, -0.05) is 30.3 Å². The van der Waals surface area contributed by atoms with Gasteiger partial charge in [0.15, 0.2) is 5.82 Å². The van der Waals surface area contributed by atoms with Crippen LogP contribution in [0.1, 0.15) is 56.9 Å². The van der Waals surface area contributed by atoms with Crippen LogP contribution in [0.5, 0.6) is 6.01 Å². The Balaban J connectivity index is 1.31. The number of benzene rings is 1. The van der Waals surface area contributed by atoms with Crippen molar-refractivity contribution in [1.29, 1.82) is 0 Å². The van der Waals surface area contributed by atoms with Gasteiger partial charge in [0.1, 0.15) is 29.8 Å². The molecule has 0 radical (unpaired) electrons. The minimum atomic E-state index is -0.896. The molecule has 2 aromatic heterocycles. The molecule has 4 aliphatic rings. The van der Waals surface area contributed by atoms with Crippen LogP contribution >= 0.6 is 11.6 Å². The fraction of sp³-hybridized carbons (Fsp3) is 0.515. The lowest BCUT2D eigenvalue weighted by Gasteiger charge is -2.32. The predicted molar refractivity (Wildman–Crippen MR) is 166 cm³/mol. The van der Waals surface area contributed by atoms with E-state index in [1.165, 1.54) is 6.08 Å². The number of hydrogen-bond donors (Lipinski definition) is 0. The number of nitrogens with zero attached hydrogens (tertiary/aromatic N) is 6. The molecule has 1 amide bonds. The molecule has 3 saturated heterocycles. The van der Waals surface area contributed by atoms with Crippen molar-refractivity contribution in [3.05, 3.63) is 53.5 Å².